The Bertz CT molecular complexity index is 1050. The zero-order valence-electron chi connectivity index (χ0n) is 16.1. The van der Waals surface area contributed by atoms with Gasteiger partial charge in [-0.25, -0.2) is 18.9 Å². The highest BCUT2D eigenvalue weighted by molar-refractivity contribution is 5.93. The summed E-state index contributed by atoms with van der Waals surface area (Å²) in [6.45, 7) is 1.84. The molecule has 1 aromatic heterocycles. The van der Waals surface area contributed by atoms with Gasteiger partial charge in [0.25, 0.3) is 5.91 Å². The van der Waals surface area contributed by atoms with Crippen LogP contribution in [-0.2, 0) is 11.3 Å². The number of carbonyl (C=O) groups is 2. The summed E-state index contributed by atoms with van der Waals surface area (Å²) in [5.74, 6) is -0.542. The molecule has 0 aliphatic rings. The molecule has 1 N–H and O–H groups in total. The number of esters is 1. The Morgan fingerprint density at radius 3 is 2.52 bits per heavy atom. The molecule has 2 aromatic carbocycles. The van der Waals surface area contributed by atoms with Crippen molar-refractivity contribution in [3.63, 3.8) is 0 Å². The number of amides is 1. The normalized spacial score (nSPS) is 10.5. The van der Waals surface area contributed by atoms with Crippen LogP contribution in [0.15, 0.2) is 42.5 Å². The van der Waals surface area contributed by atoms with Gasteiger partial charge in [0.15, 0.2) is 0 Å². The number of nitrogens with one attached hydrogen (secondary N) is 1. The van der Waals surface area contributed by atoms with E-state index in [1.165, 1.54) is 31.0 Å². The van der Waals surface area contributed by atoms with Crippen molar-refractivity contribution < 1.29 is 23.5 Å². The van der Waals surface area contributed by atoms with E-state index in [1.807, 2.05) is 0 Å². The van der Waals surface area contributed by atoms with Crippen molar-refractivity contribution in [3.05, 3.63) is 71.1 Å². The highest BCUT2D eigenvalue weighted by atomic mass is 19.1. The maximum absolute atomic E-state index is 13.1. The van der Waals surface area contributed by atoms with Crippen molar-refractivity contribution in [2.24, 2.45) is 0 Å². The molecule has 0 radical (unpaired) electrons. The minimum Gasteiger partial charge on any atom is -0.496 e. The second kappa shape index (κ2) is 8.51. The van der Waals surface area contributed by atoms with Crippen LogP contribution < -0.4 is 10.1 Å². The number of rotatable bonds is 6. The molecule has 3 aromatic rings. The molecule has 150 valence electrons. The van der Waals surface area contributed by atoms with Crippen molar-refractivity contribution in [2.75, 3.05) is 14.2 Å². The Hall–Kier alpha value is -3.75. The lowest BCUT2D eigenvalue weighted by atomic mass is 10.1. The van der Waals surface area contributed by atoms with Gasteiger partial charge in [0.2, 0.25) is 5.82 Å². The topological polar surface area (TPSA) is 95.3 Å². The first-order valence-corrected chi connectivity index (χ1v) is 8.66. The zero-order valence-corrected chi connectivity index (χ0v) is 16.1. The average Bonchev–Trinajstić information content (AvgIpc) is 3.13. The van der Waals surface area contributed by atoms with Gasteiger partial charge in [-0.05, 0) is 48.9 Å². The van der Waals surface area contributed by atoms with E-state index >= 15 is 0 Å². The number of aryl methyl sites for hydroxylation is 1. The third kappa shape index (κ3) is 4.40. The van der Waals surface area contributed by atoms with Gasteiger partial charge in [-0.1, -0.05) is 6.07 Å². The van der Waals surface area contributed by atoms with Gasteiger partial charge in [0, 0.05) is 6.54 Å². The van der Waals surface area contributed by atoms with E-state index < -0.39 is 11.9 Å². The zero-order chi connectivity index (χ0) is 21.0. The maximum atomic E-state index is 13.1. The summed E-state index contributed by atoms with van der Waals surface area (Å²) in [6.07, 6.45) is 0. The highest BCUT2D eigenvalue weighted by Gasteiger charge is 2.17. The van der Waals surface area contributed by atoms with Crippen molar-refractivity contribution in [3.8, 4) is 11.4 Å². The number of benzene rings is 2. The molecular weight excluding hydrogens is 379 g/mol. The predicted molar refractivity (Wildman–Crippen MR) is 102 cm³/mol. The number of ether oxygens (including phenoxy) is 2. The molecule has 0 atom stereocenters. The summed E-state index contributed by atoms with van der Waals surface area (Å²) in [5.41, 5.74) is 1.53. The summed E-state index contributed by atoms with van der Waals surface area (Å²) in [5, 5.41) is 6.89. The minimum atomic E-state index is -0.537. The molecule has 0 aliphatic heterocycles. The van der Waals surface area contributed by atoms with Crippen LogP contribution in [0.4, 0.5) is 4.39 Å². The fourth-order valence-electron chi connectivity index (χ4n) is 2.71. The predicted octanol–water partition coefficient (Wildman–Crippen LogP) is 2.44. The van der Waals surface area contributed by atoms with E-state index in [0.29, 0.717) is 22.8 Å². The number of hydrogen-bond donors (Lipinski definition) is 1. The first-order chi connectivity index (χ1) is 13.9. The van der Waals surface area contributed by atoms with Gasteiger partial charge in [-0.2, -0.15) is 0 Å². The van der Waals surface area contributed by atoms with Crippen LogP contribution in [0.5, 0.6) is 5.75 Å². The van der Waals surface area contributed by atoms with Crippen LogP contribution in [0.2, 0.25) is 0 Å². The van der Waals surface area contributed by atoms with Gasteiger partial charge < -0.3 is 14.8 Å². The molecule has 29 heavy (non-hydrogen) atoms. The molecule has 9 heteroatoms. The molecule has 0 saturated heterocycles. The molecule has 0 aliphatic carbocycles. The van der Waals surface area contributed by atoms with E-state index in [9.17, 15) is 14.0 Å². The molecule has 0 spiro atoms. The third-order valence-electron chi connectivity index (χ3n) is 4.17. The van der Waals surface area contributed by atoms with Crippen LogP contribution in [0.25, 0.3) is 5.69 Å². The van der Waals surface area contributed by atoms with E-state index in [1.54, 1.807) is 37.3 Å². The van der Waals surface area contributed by atoms with E-state index in [2.05, 4.69) is 15.4 Å². The Morgan fingerprint density at radius 1 is 1.14 bits per heavy atom. The molecular formula is C20H19FN4O4. The molecule has 1 heterocycles. The quantitative estimate of drug-likeness (QED) is 0.641. The SMILES string of the molecule is COC(=O)c1cc(CNC(=O)c2nc(C)n(-c3ccc(F)cc3)n2)ccc1OC. The minimum absolute atomic E-state index is 0.0199. The summed E-state index contributed by atoms with van der Waals surface area (Å²) in [7, 11) is 2.73. The van der Waals surface area contributed by atoms with E-state index in [4.69, 9.17) is 9.47 Å². The van der Waals surface area contributed by atoms with Gasteiger partial charge in [-0.3, -0.25) is 4.79 Å². The van der Waals surface area contributed by atoms with Crippen molar-refractivity contribution >= 4 is 11.9 Å². The lowest BCUT2D eigenvalue weighted by Gasteiger charge is -2.09. The average molecular weight is 398 g/mol. The fourth-order valence-corrected chi connectivity index (χ4v) is 2.71. The van der Waals surface area contributed by atoms with E-state index in [-0.39, 0.29) is 23.7 Å². The van der Waals surface area contributed by atoms with Crippen LogP contribution in [0, 0.1) is 12.7 Å². The lowest BCUT2D eigenvalue weighted by molar-refractivity contribution is 0.0597. The molecule has 3 rings (SSSR count). The number of hydrogen-bond acceptors (Lipinski definition) is 6. The Labute approximate surface area is 166 Å². The first-order valence-electron chi connectivity index (χ1n) is 8.66. The number of methoxy groups -OCH3 is 2. The van der Waals surface area contributed by atoms with Gasteiger partial charge in [0.1, 0.15) is 23.0 Å². The smallest absolute Gasteiger partial charge is 0.341 e. The summed E-state index contributed by atoms with van der Waals surface area (Å²) in [4.78, 5) is 28.5. The third-order valence-corrected chi connectivity index (χ3v) is 4.17. The molecule has 0 bridgehead atoms. The second-order valence-electron chi connectivity index (χ2n) is 6.08. The monoisotopic (exact) mass is 398 g/mol. The Morgan fingerprint density at radius 2 is 1.86 bits per heavy atom. The number of aromatic nitrogens is 3. The molecule has 8 nitrogen and oxygen atoms in total. The molecule has 0 saturated carbocycles. The Balaban J connectivity index is 1.74. The summed E-state index contributed by atoms with van der Waals surface area (Å²) >= 11 is 0. The van der Waals surface area contributed by atoms with E-state index in [0.717, 1.165) is 0 Å². The number of carbonyl (C=O) groups excluding carboxylic acids is 2. The van der Waals surface area contributed by atoms with Crippen molar-refractivity contribution in [1.29, 1.82) is 0 Å². The Kier molecular flexibility index (Phi) is 5.87. The van der Waals surface area contributed by atoms with Crippen LogP contribution in [0.1, 0.15) is 32.4 Å². The van der Waals surface area contributed by atoms with Gasteiger partial charge in [-0.15, -0.1) is 5.10 Å². The molecule has 0 unspecified atom stereocenters. The molecule has 1 amide bonds. The number of halogens is 1. The van der Waals surface area contributed by atoms with Gasteiger partial charge >= 0.3 is 5.97 Å². The second-order valence-corrected chi connectivity index (χ2v) is 6.08. The van der Waals surface area contributed by atoms with Crippen LogP contribution in [-0.4, -0.2) is 40.9 Å². The summed E-state index contributed by atoms with van der Waals surface area (Å²) < 4.78 is 24.4. The van der Waals surface area contributed by atoms with Crippen molar-refractivity contribution in [2.45, 2.75) is 13.5 Å². The standard InChI is InChI=1S/C20H19FN4O4/c1-12-23-18(24-25(12)15-7-5-14(21)6-8-15)19(26)22-11-13-4-9-17(28-2)16(10-13)20(27)29-3/h4-10H,11H2,1-3H3,(H,22,26). The largest absolute Gasteiger partial charge is 0.496 e. The summed E-state index contributed by atoms with van der Waals surface area (Å²) in [6, 6.07) is 10.6. The number of nitrogens with zero attached hydrogens (tertiary/aromatic N) is 3. The van der Waals surface area contributed by atoms with Gasteiger partial charge in [0.05, 0.1) is 19.9 Å². The van der Waals surface area contributed by atoms with Crippen LogP contribution >= 0.6 is 0 Å². The lowest BCUT2D eigenvalue weighted by Crippen LogP contribution is -2.24. The highest BCUT2D eigenvalue weighted by Crippen LogP contribution is 2.21. The fraction of sp³-hybridized carbons (Fsp3) is 0.200. The molecule has 0 fully saturated rings. The first kappa shape index (κ1) is 20.0. The van der Waals surface area contributed by atoms with Crippen LogP contribution in [0.3, 0.4) is 0 Å². The van der Waals surface area contributed by atoms with Crippen molar-refractivity contribution in [1.82, 2.24) is 20.1 Å². The maximum Gasteiger partial charge on any atom is 0.341 e.